The molecule has 0 bridgehead atoms. The molecular weight excluding hydrogens is 176 g/mol. The summed E-state index contributed by atoms with van der Waals surface area (Å²) in [5.41, 5.74) is 2.12. The second-order valence-electron chi connectivity index (χ2n) is 4.12. The van der Waals surface area contributed by atoms with Gasteiger partial charge in [-0.15, -0.1) is 0 Å². The SMILES string of the molecule is O=C1CC2COCC2c2ccccc21. The van der Waals surface area contributed by atoms with Crippen molar-refractivity contribution in [2.45, 2.75) is 12.3 Å². The maximum Gasteiger partial charge on any atom is 0.163 e. The summed E-state index contributed by atoms with van der Waals surface area (Å²) in [6, 6.07) is 7.95. The number of rotatable bonds is 0. The van der Waals surface area contributed by atoms with Gasteiger partial charge >= 0.3 is 0 Å². The molecule has 1 aromatic rings. The van der Waals surface area contributed by atoms with E-state index in [-0.39, 0.29) is 5.78 Å². The van der Waals surface area contributed by atoms with Gasteiger partial charge in [0.1, 0.15) is 0 Å². The van der Waals surface area contributed by atoms with Crippen molar-refractivity contribution in [2.24, 2.45) is 5.92 Å². The lowest BCUT2D eigenvalue weighted by Gasteiger charge is -2.25. The number of ether oxygens (including phenoxy) is 1. The minimum absolute atomic E-state index is 0.285. The molecule has 2 aliphatic rings. The third-order valence-electron chi connectivity index (χ3n) is 3.31. The standard InChI is InChI=1S/C12H12O2/c13-12-5-8-6-14-7-11(8)9-3-1-2-4-10(9)12/h1-4,8,11H,5-7H2. The van der Waals surface area contributed by atoms with E-state index in [0.29, 0.717) is 18.3 Å². The summed E-state index contributed by atoms with van der Waals surface area (Å²) in [6.45, 7) is 1.54. The summed E-state index contributed by atoms with van der Waals surface area (Å²) in [5.74, 6) is 1.17. The average molecular weight is 188 g/mol. The van der Waals surface area contributed by atoms with E-state index >= 15 is 0 Å². The first-order valence-corrected chi connectivity index (χ1v) is 5.06. The van der Waals surface area contributed by atoms with Gasteiger partial charge in [-0.2, -0.15) is 0 Å². The van der Waals surface area contributed by atoms with Gasteiger partial charge in [0, 0.05) is 17.9 Å². The van der Waals surface area contributed by atoms with E-state index in [9.17, 15) is 4.79 Å². The summed E-state index contributed by atoms with van der Waals surface area (Å²) in [4.78, 5) is 11.8. The lowest BCUT2D eigenvalue weighted by Crippen LogP contribution is -2.23. The van der Waals surface area contributed by atoms with Gasteiger partial charge in [-0.3, -0.25) is 4.79 Å². The van der Waals surface area contributed by atoms with Gasteiger partial charge in [0.15, 0.2) is 5.78 Å². The highest BCUT2D eigenvalue weighted by Gasteiger charge is 2.37. The summed E-state index contributed by atoms with van der Waals surface area (Å²) in [7, 11) is 0. The number of benzene rings is 1. The van der Waals surface area contributed by atoms with Crippen LogP contribution in [-0.2, 0) is 4.74 Å². The first-order chi connectivity index (χ1) is 6.86. The number of ketones is 1. The van der Waals surface area contributed by atoms with Crippen LogP contribution in [0, 0.1) is 5.92 Å². The first-order valence-electron chi connectivity index (χ1n) is 5.06. The molecule has 3 rings (SSSR count). The van der Waals surface area contributed by atoms with E-state index in [1.807, 2.05) is 18.2 Å². The smallest absolute Gasteiger partial charge is 0.163 e. The van der Waals surface area contributed by atoms with Crippen molar-refractivity contribution in [1.29, 1.82) is 0 Å². The molecule has 1 fully saturated rings. The lowest BCUT2D eigenvalue weighted by atomic mass is 9.76. The molecule has 2 atom stereocenters. The van der Waals surface area contributed by atoms with E-state index in [0.717, 1.165) is 18.8 Å². The van der Waals surface area contributed by atoms with Gasteiger partial charge in [0.2, 0.25) is 0 Å². The van der Waals surface area contributed by atoms with Crippen molar-refractivity contribution in [3.05, 3.63) is 35.4 Å². The molecule has 1 aliphatic carbocycles. The minimum Gasteiger partial charge on any atom is -0.380 e. The van der Waals surface area contributed by atoms with Crippen LogP contribution in [0.4, 0.5) is 0 Å². The second-order valence-corrected chi connectivity index (χ2v) is 4.12. The molecule has 2 unspecified atom stereocenters. The third-order valence-corrected chi connectivity index (χ3v) is 3.31. The van der Waals surface area contributed by atoms with Crippen molar-refractivity contribution >= 4 is 5.78 Å². The Kier molecular flexibility index (Phi) is 1.71. The molecule has 72 valence electrons. The van der Waals surface area contributed by atoms with Crippen LogP contribution in [0.15, 0.2) is 24.3 Å². The molecule has 14 heavy (non-hydrogen) atoms. The molecule has 0 aromatic heterocycles. The van der Waals surface area contributed by atoms with Crippen LogP contribution in [0.3, 0.4) is 0 Å². The van der Waals surface area contributed by atoms with Crippen LogP contribution in [0.5, 0.6) is 0 Å². The molecule has 1 saturated heterocycles. The highest BCUT2D eigenvalue weighted by atomic mass is 16.5. The van der Waals surface area contributed by atoms with Gasteiger partial charge in [0.25, 0.3) is 0 Å². The fourth-order valence-corrected chi connectivity index (χ4v) is 2.57. The molecule has 2 nitrogen and oxygen atoms in total. The normalized spacial score (nSPS) is 29.9. The van der Waals surface area contributed by atoms with Gasteiger partial charge in [0.05, 0.1) is 13.2 Å². The third kappa shape index (κ3) is 1.04. The van der Waals surface area contributed by atoms with Crippen molar-refractivity contribution < 1.29 is 9.53 Å². The quantitative estimate of drug-likeness (QED) is 0.622. The van der Waals surface area contributed by atoms with Crippen LogP contribution in [0.1, 0.15) is 28.3 Å². The Labute approximate surface area is 82.9 Å². The molecule has 0 amide bonds. The Bertz CT molecular complexity index is 384. The van der Waals surface area contributed by atoms with Crippen LogP contribution < -0.4 is 0 Å². The maximum atomic E-state index is 11.8. The van der Waals surface area contributed by atoms with Gasteiger partial charge in [-0.25, -0.2) is 0 Å². The Morgan fingerprint density at radius 2 is 2.07 bits per heavy atom. The summed E-state index contributed by atoms with van der Waals surface area (Å²) < 4.78 is 5.44. The topological polar surface area (TPSA) is 26.3 Å². The van der Waals surface area contributed by atoms with Crippen LogP contribution in [0.2, 0.25) is 0 Å². The van der Waals surface area contributed by atoms with Gasteiger partial charge in [-0.1, -0.05) is 24.3 Å². The molecule has 1 heterocycles. The van der Waals surface area contributed by atoms with Crippen LogP contribution in [0.25, 0.3) is 0 Å². The largest absolute Gasteiger partial charge is 0.380 e. The maximum absolute atomic E-state index is 11.8. The molecule has 0 N–H and O–H groups in total. The molecule has 1 aromatic carbocycles. The van der Waals surface area contributed by atoms with Crippen LogP contribution >= 0.6 is 0 Å². The Hall–Kier alpha value is -1.15. The van der Waals surface area contributed by atoms with Crippen molar-refractivity contribution in [3.63, 3.8) is 0 Å². The zero-order chi connectivity index (χ0) is 9.54. The van der Waals surface area contributed by atoms with E-state index < -0.39 is 0 Å². The van der Waals surface area contributed by atoms with Crippen molar-refractivity contribution in [3.8, 4) is 0 Å². The molecule has 0 saturated carbocycles. The zero-order valence-electron chi connectivity index (χ0n) is 7.90. The lowest BCUT2D eigenvalue weighted by molar-refractivity contribution is 0.0940. The summed E-state index contributed by atoms with van der Waals surface area (Å²) in [6.07, 6.45) is 0.668. The summed E-state index contributed by atoms with van der Waals surface area (Å²) >= 11 is 0. The van der Waals surface area contributed by atoms with E-state index in [4.69, 9.17) is 4.74 Å². The predicted octanol–water partition coefficient (Wildman–Crippen LogP) is 2.00. The molecule has 1 aliphatic heterocycles. The predicted molar refractivity (Wildman–Crippen MR) is 52.4 cm³/mol. The Morgan fingerprint density at radius 1 is 1.21 bits per heavy atom. The highest BCUT2D eigenvalue weighted by Crippen LogP contribution is 2.39. The number of carbonyl (C=O) groups is 1. The second kappa shape index (κ2) is 2.92. The van der Waals surface area contributed by atoms with Crippen LogP contribution in [-0.4, -0.2) is 19.0 Å². The van der Waals surface area contributed by atoms with Gasteiger partial charge in [-0.05, 0) is 11.5 Å². The number of carbonyl (C=O) groups excluding carboxylic acids is 1. The fourth-order valence-electron chi connectivity index (χ4n) is 2.57. The molecule has 0 spiro atoms. The van der Waals surface area contributed by atoms with Crippen molar-refractivity contribution in [2.75, 3.05) is 13.2 Å². The van der Waals surface area contributed by atoms with Crippen molar-refractivity contribution in [1.82, 2.24) is 0 Å². The molecular formula is C12H12O2. The Morgan fingerprint density at radius 3 is 3.00 bits per heavy atom. The number of hydrogen-bond acceptors (Lipinski definition) is 2. The molecule has 2 heteroatoms. The monoisotopic (exact) mass is 188 g/mol. The van der Waals surface area contributed by atoms with E-state index in [1.165, 1.54) is 5.56 Å². The number of Topliss-reactive ketones (excluding diaryl/α,β-unsaturated/α-hetero) is 1. The van der Waals surface area contributed by atoms with E-state index in [1.54, 1.807) is 0 Å². The summed E-state index contributed by atoms with van der Waals surface area (Å²) in [5, 5.41) is 0. The number of hydrogen-bond donors (Lipinski definition) is 0. The number of fused-ring (bicyclic) bond motifs is 3. The van der Waals surface area contributed by atoms with E-state index in [2.05, 4.69) is 6.07 Å². The average Bonchev–Trinajstić information content (AvgIpc) is 2.66. The first kappa shape index (κ1) is 8.18. The molecule has 0 radical (unpaired) electrons. The fraction of sp³-hybridized carbons (Fsp3) is 0.417. The highest BCUT2D eigenvalue weighted by molar-refractivity contribution is 5.99. The van der Waals surface area contributed by atoms with Gasteiger partial charge < -0.3 is 4.74 Å². The Balaban J connectivity index is 2.13. The minimum atomic E-state index is 0.285. The zero-order valence-corrected chi connectivity index (χ0v) is 7.90.